The molecule has 0 aromatic carbocycles. The summed E-state index contributed by atoms with van der Waals surface area (Å²) in [6.45, 7) is 1.83. The fourth-order valence-electron chi connectivity index (χ4n) is 1.67. The Bertz CT molecular complexity index is 248. The molecule has 0 saturated heterocycles. The van der Waals surface area contributed by atoms with Gasteiger partial charge >= 0.3 is 0 Å². The van der Waals surface area contributed by atoms with Crippen LogP contribution in [0, 0.1) is 0 Å². The van der Waals surface area contributed by atoms with Crippen molar-refractivity contribution < 1.29 is 23.3 Å². The number of hydrogen-bond acceptors (Lipinski definition) is 7. The van der Waals surface area contributed by atoms with E-state index in [1.54, 1.807) is 0 Å². The van der Waals surface area contributed by atoms with Crippen LogP contribution in [0.1, 0.15) is 6.92 Å². The van der Waals surface area contributed by atoms with Gasteiger partial charge in [0.25, 0.3) is 5.95 Å². The van der Waals surface area contributed by atoms with Crippen molar-refractivity contribution in [3.05, 3.63) is 12.0 Å². The van der Waals surface area contributed by atoms with Crippen molar-refractivity contribution in [1.82, 2.24) is 0 Å². The van der Waals surface area contributed by atoms with Gasteiger partial charge < -0.3 is 19.1 Å². The van der Waals surface area contributed by atoms with Gasteiger partial charge in [-0.05, 0) is 13.2 Å². The van der Waals surface area contributed by atoms with Crippen molar-refractivity contribution in [3.8, 4) is 0 Å². The van der Waals surface area contributed by atoms with Gasteiger partial charge in [-0.15, -0.1) is 0 Å². The minimum absolute atomic E-state index is 0.0505. The average Bonchev–Trinajstić information content (AvgIpc) is 2.36. The van der Waals surface area contributed by atoms with Gasteiger partial charge in [-0.1, -0.05) is 0 Å². The van der Waals surface area contributed by atoms with Gasteiger partial charge in [0, 0.05) is 13.2 Å². The molecule has 5 nitrogen and oxygen atoms in total. The largest absolute Gasteiger partial charge is 0.481 e. The van der Waals surface area contributed by atoms with Crippen LogP contribution >= 0.6 is 24.1 Å². The number of aliphatic hydroxyl groups is 1. The van der Waals surface area contributed by atoms with Gasteiger partial charge in [0.05, 0.1) is 5.25 Å². The maximum Gasteiger partial charge on any atom is 0.275 e. The van der Waals surface area contributed by atoms with Crippen LogP contribution in [0.4, 0.5) is 0 Å². The second-order valence-corrected chi connectivity index (χ2v) is 4.72. The molecular weight excluding hydrogens is 252 g/mol. The zero-order valence-electron chi connectivity index (χ0n) is 9.32. The maximum atomic E-state index is 9.49. The third kappa shape index (κ3) is 3.21. The quantitative estimate of drug-likeness (QED) is 0.756. The van der Waals surface area contributed by atoms with Crippen molar-refractivity contribution in [2.45, 2.75) is 30.5 Å². The molecular formula is C9H16O5S2. The molecule has 0 amide bonds. The third-order valence-electron chi connectivity index (χ3n) is 2.42. The Hall–Kier alpha value is -0.0800. The summed E-state index contributed by atoms with van der Waals surface area (Å²) < 4.78 is 24.5. The molecule has 0 bridgehead atoms. The standard InChI is InChI=1S/C9H16O5S2/c1-5-9(15-3)8(14-16-11)6(12-2)4-7(10)13-5/h4-6,8-11H,1-3H3. The molecule has 1 heterocycles. The third-order valence-corrected chi connectivity index (χ3v) is 3.93. The predicted octanol–water partition coefficient (Wildman–Crippen LogP) is 2.06. The number of aliphatic hydroxyl groups excluding tert-OH is 1. The highest BCUT2D eigenvalue weighted by Gasteiger charge is 2.38. The first-order valence-corrected chi connectivity index (χ1v) is 6.72. The number of rotatable bonds is 4. The fraction of sp³-hybridized carbons (Fsp3) is 0.778. The lowest BCUT2D eigenvalue weighted by Gasteiger charge is -2.29. The van der Waals surface area contributed by atoms with Crippen molar-refractivity contribution in [1.29, 1.82) is 0 Å². The molecule has 0 fully saturated rings. The first-order valence-electron chi connectivity index (χ1n) is 4.74. The molecule has 16 heavy (non-hydrogen) atoms. The zero-order valence-corrected chi connectivity index (χ0v) is 11.0. The van der Waals surface area contributed by atoms with Gasteiger partial charge in [-0.3, -0.25) is 4.18 Å². The lowest BCUT2D eigenvalue weighted by Crippen LogP contribution is -2.41. The first-order chi connectivity index (χ1) is 7.63. The van der Waals surface area contributed by atoms with Gasteiger partial charge in [0.2, 0.25) is 0 Å². The molecule has 0 radical (unpaired) electrons. The van der Waals surface area contributed by atoms with Gasteiger partial charge in [-0.2, -0.15) is 11.8 Å². The Morgan fingerprint density at radius 1 is 1.50 bits per heavy atom. The molecule has 4 atom stereocenters. The number of ether oxygens (including phenoxy) is 2. The first kappa shape index (κ1) is 14.0. The number of thioether (sulfide) groups is 1. The summed E-state index contributed by atoms with van der Waals surface area (Å²) in [5.74, 6) is -0.174. The van der Waals surface area contributed by atoms with E-state index in [0.29, 0.717) is 12.3 Å². The molecule has 94 valence electrons. The van der Waals surface area contributed by atoms with E-state index in [0.717, 1.165) is 0 Å². The zero-order chi connectivity index (χ0) is 12.1. The summed E-state index contributed by atoms with van der Waals surface area (Å²) in [7, 11) is 1.51. The highest BCUT2D eigenvalue weighted by molar-refractivity contribution is 7.99. The Labute approximate surface area is 104 Å². The van der Waals surface area contributed by atoms with E-state index in [1.807, 2.05) is 13.2 Å². The molecule has 2 N–H and O–H groups in total. The molecule has 1 rings (SSSR count). The maximum absolute atomic E-state index is 9.49. The minimum Gasteiger partial charge on any atom is -0.481 e. The molecule has 0 aromatic heterocycles. The second-order valence-electron chi connectivity index (χ2n) is 3.36. The average molecular weight is 268 g/mol. The Morgan fingerprint density at radius 2 is 2.19 bits per heavy atom. The molecule has 4 unspecified atom stereocenters. The van der Waals surface area contributed by atoms with Crippen molar-refractivity contribution >= 4 is 24.1 Å². The van der Waals surface area contributed by atoms with E-state index in [9.17, 15) is 5.11 Å². The lowest BCUT2D eigenvalue weighted by atomic mass is 10.1. The van der Waals surface area contributed by atoms with Crippen LogP contribution in [0.15, 0.2) is 12.0 Å². The summed E-state index contributed by atoms with van der Waals surface area (Å²) in [5.41, 5.74) is 0. The predicted molar refractivity (Wildman–Crippen MR) is 64.5 cm³/mol. The molecule has 1 aliphatic heterocycles. The van der Waals surface area contributed by atoms with E-state index < -0.39 is 12.2 Å². The summed E-state index contributed by atoms with van der Waals surface area (Å²) >= 11 is 1.84. The molecule has 0 saturated carbocycles. The molecule has 7 heteroatoms. The van der Waals surface area contributed by atoms with Crippen molar-refractivity contribution in [2.75, 3.05) is 13.4 Å². The van der Waals surface area contributed by atoms with E-state index in [1.165, 1.54) is 24.9 Å². The molecule has 1 aliphatic rings. The summed E-state index contributed by atoms with van der Waals surface area (Å²) in [5, 5.41) is 9.43. The van der Waals surface area contributed by atoms with Gasteiger partial charge in [-0.25, -0.2) is 0 Å². The molecule has 0 aliphatic carbocycles. The summed E-state index contributed by atoms with van der Waals surface area (Å²) in [6.07, 6.45) is 2.27. The van der Waals surface area contributed by atoms with Crippen molar-refractivity contribution in [3.63, 3.8) is 0 Å². The van der Waals surface area contributed by atoms with Crippen molar-refractivity contribution in [2.24, 2.45) is 0 Å². The van der Waals surface area contributed by atoms with Gasteiger partial charge in [0.1, 0.15) is 18.3 Å². The Balaban J connectivity index is 2.91. The van der Waals surface area contributed by atoms with Crippen LogP contribution in [0.2, 0.25) is 0 Å². The number of methoxy groups -OCH3 is 1. The second kappa shape index (κ2) is 6.61. The number of hydrogen-bond donors (Lipinski definition) is 2. The van der Waals surface area contributed by atoms with E-state index in [-0.39, 0.29) is 17.3 Å². The normalized spacial score (nSPS) is 35.1. The van der Waals surface area contributed by atoms with Crippen LogP contribution in [0.25, 0.3) is 0 Å². The summed E-state index contributed by atoms with van der Waals surface area (Å²) in [4.78, 5) is 0. The minimum atomic E-state index is -0.456. The monoisotopic (exact) mass is 268 g/mol. The van der Waals surface area contributed by atoms with Crippen LogP contribution in [0.5, 0.6) is 0 Å². The van der Waals surface area contributed by atoms with E-state index >= 15 is 0 Å². The highest BCUT2D eigenvalue weighted by Crippen LogP contribution is 2.30. The smallest absolute Gasteiger partial charge is 0.275 e. The van der Waals surface area contributed by atoms with Crippen LogP contribution in [0.3, 0.4) is 0 Å². The Kier molecular flexibility index (Phi) is 5.77. The van der Waals surface area contributed by atoms with Gasteiger partial charge in [0.15, 0.2) is 12.3 Å². The highest BCUT2D eigenvalue weighted by atomic mass is 32.2. The molecule has 0 aromatic rings. The summed E-state index contributed by atoms with van der Waals surface area (Å²) in [6, 6.07) is 0. The van der Waals surface area contributed by atoms with Crippen LogP contribution in [-0.4, -0.2) is 46.6 Å². The van der Waals surface area contributed by atoms with E-state index in [2.05, 4.69) is 0 Å². The fourth-order valence-corrected chi connectivity index (χ4v) is 2.99. The molecule has 0 spiro atoms. The SMILES string of the molecule is COC1C=C(O)OC(C)C(SC)C1OSO. The van der Waals surface area contributed by atoms with E-state index in [4.69, 9.17) is 18.2 Å². The van der Waals surface area contributed by atoms with Crippen LogP contribution < -0.4 is 0 Å². The topological polar surface area (TPSA) is 68.2 Å². The Morgan fingerprint density at radius 3 is 2.69 bits per heavy atom. The lowest BCUT2D eigenvalue weighted by molar-refractivity contribution is 0.0147. The van der Waals surface area contributed by atoms with Crippen LogP contribution in [-0.2, 0) is 13.7 Å².